The molecule has 3 aromatic rings. The van der Waals surface area contributed by atoms with Gasteiger partial charge in [-0.1, -0.05) is 46.9 Å². The Labute approximate surface area is 172 Å². The van der Waals surface area contributed by atoms with E-state index >= 15 is 0 Å². The number of hydrogen-bond acceptors (Lipinski definition) is 2. The van der Waals surface area contributed by atoms with Crippen molar-refractivity contribution in [2.24, 2.45) is 0 Å². The molecule has 2 aromatic carbocycles. The minimum atomic E-state index is 0.458. The Bertz CT molecular complexity index is 955. The second-order valence-electron chi connectivity index (χ2n) is 5.70. The van der Waals surface area contributed by atoms with Crippen molar-refractivity contribution in [2.75, 3.05) is 10.6 Å². The molecule has 1 heterocycles. The van der Waals surface area contributed by atoms with Gasteiger partial charge >= 0.3 is 0 Å². The third kappa shape index (κ3) is 4.89. The van der Waals surface area contributed by atoms with Gasteiger partial charge in [-0.25, -0.2) is 0 Å². The molecule has 0 radical (unpaired) electrons. The highest BCUT2D eigenvalue weighted by molar-refractivity contribution is 7.80. The van der Waals surface area contributed by atoms with E-state index in [4.69, 9.17) is 47.0 Å². The second-order valence-corrected chi connectivity index (χ2v) is 7.39. The molecule has 0 spiro atoms. The third-order valence-electron chi connectivity index (χ3n) is 3.69. The maximum atomic E-state index is 6.21. The molecular weight excluding hydrogens is 411 g/mol. The number of nitrogens with one attached hydrogen (secondary N) is 2. The zero-order chi connectivity index (χ0) is 18.7. The normalized spacial score (nSPS) is 10.6. The van der Waals surface area contributed by atoms with E-state index in [-0.39, 0.29) is 0 Å². The first-order valence-electron chi connectivity index (χ1n) is 7.71. The summed E-state index contributed by atoms with van der Waals surface area (Å²) in [4.78, 5) is 0. The summed E-state index contributed by atoms with van der Waals surface area (Å²) in [5.74, 6) is 0. The van der Waals surface area contributed by atoms with Crippen molar-refractivity contribution < 1.29 is 0 Å². The summed E-state index contributed by atoms with van der Waals surface area (Å²) in [6.45, 7) is 2.51. The molecule has 0 aliphatic heterocycles. The fourth-order valence-corrected chi connectivity index (χ4v) is 3.22. The van der Waals surface area contributed by atoms with Gasteiger partial charge in [0.1, 0.15) is 0 Å². The van der Waals surface area contributed by atoms with Crippen LogP contribution in [-0.2, 0) is 6.54 Å². The summed E-state index contributed by atoms with van der Waals surface area (Å²) in [5.41, 5.74) is 3.61. The molecule has 134 valence electrons. The molecule has 26 heavy (non-hydrogen) atoms. The van der Waals surface area contributed by atoms with E-state index < -0.39 is 0 Å². The van der Waals surface area contributed by atoms with Gasteiger partial charge in [0.2, 0.25) is 0 Å². The first-order chi connectivity index (χ1) is 12.4. The van der Waals surface area contributed by atoms with E-state index in [0.29, 0.717) is 26.7 Å². The number of benzene rings is 2. The van der Waals surface area contributed by atoms with Crippen molar-refractivity contribution in [1.82, 2.24) is 9.78 Å². The predicted molar refractivity (Wildman–Crippen MR) is 114 cm³/mol. The Kier molecular flexibility index (Phi) is 6.04. The zero-order valence-corrected chi connectivity index (χ0v) is 16.8. The van der Waals surface area contributed by atoms with Crippen LogP contribution in [0.4, 0.5) is 11.4 Å². The van der Waals surface area contributed by atoms with Gasteiger partial charge in [-0.05, 0) is 54.5 Å². The van der Waals surface area contributed by atoms with E-state index in [9.17, 15) is 0 Å². The fraction of sp³-hybridized carbons (Fsp3) is 0.111. The lowest BCUT2D eigenvalue weighted by atomic mass is 10.2. The van der Waals surface area contributed by atoms with Crippen LogP contribution in [0.5, 0.6) is 0 Å². The van der Waals surface area contributed by atoms with Gasteiger partial charge in [-0.15, -0.1) is 0 Å². The molecule has 1 aromatic heterocycles. The number of aryl methyl sites for hydroxylation is 1. The van der Waals surface area contributed by atoms with Crippen LogP contribution in [0.15, 0.2) is 48.8 Å². The molecule has 0 amide bonds. The molecule has 3 rings (SSSR count). The average molecular weight is 426 g/mol. The highest BCUT2D eigenvalue weighted by Gasteiger charge is 2.07. The Balaban J connectivity index is 1.64. The van der Waals surface area contributed by atoms with E-state index in [2.05, 4.69) is 15.7 Å². The van der Waals surface area contributed by atoms with E-state index in [1.54, 1.807) is 23.0 Å². The first-order valence-corrected chi connectivity index (χ1v) is 9.25. The van der Waals surface area contributed by atoms with E-state index in [1.165, 1.54) is 0 Å². The minimum Gasteiger partial charge on any atom is -0.332 e. The van der Waals surface area contributed by atoms with Crippen LogP contribution in [0, 0.1) is 6.92 Å². The van der Waals surface area contributed by atoms with Crippen LogP contribution in [0.25, 0.3) is 0 Å². The SMILES string of the molecule is Cc1ccc(Cl)cc1NC(=S)Nc1cnn(Cc2ccc(Cl)cc2Cl)c1. The number of halogens is 3. The van der Waals surface area contributed by atoms with Crippen LogP contribution in [0.2, 0.25) is 15.1 Å². The summed E-state index contributed by atoms with van der Waals surface area (Å²) in [6.07, 6.45) is 3.55. The summed E-state index contributed by atoms with van der Waals surface area (Å²) >= 11 is 23.5. The van der Waals surface area contributed by atoms with Gasteiger partial charge in [0, 0.05) is 27.0 Å². The molecule has 0 atom stereocenters. The van der Waals surface area contributed by atoms with Crippen LogP contribution in [0.1, 0.15) is 11.1 Å². The first kappa shape index (κ1) is 19.0. The Hall–Kier alpha value is -1.79. The number of anilines is 2. The maximum Gasteiger partial charge on any atom is 0.175 e. The zero-order valence-electron chi connectivity index (χ0n) is 13.8. The standard InChI is InChI=1S/C18H15Cl3N4S/c1-11-2-4-14(20)7-17(11)24-18(26)23-15-8-22-25(10-15)9-12-3-5-13(19)6-16(12)21/h2-8,10H,9H2,1H3,(H2,23,24,26). The lowest BCUT2D eigenvalue weighted by molar-refractivity contribution is 0.687. The van der Waals surface area contributed by atoms with Crippen molar-refractivity contribution in [1.29, 1.82) is 0 Å². The third-order valence-corrected chi connectivity index (χ3v) is 4.71. The van der Waals surface area contributed by atoms with Crippen LogP contribution >= 0.6 is 47.0 Å². The van der Waals surface area contributed by atoms with Gasteiger partial charge in [-0.2, -0.15) is 5.10 Å². The summed E-state index contributed by atoms with van der Waals surface area (Å²) in [6, 6.07) is 11.0. The van der Waals surface area contributed by atoms with Gasteiger partial charge in [-0.3, -0.25) is 4.68 Å². The van der Waals surface area contributed by atoms with Gasteiger partial charge < -0.3 is 10.6 Å². The van der Waals surface area contributed by atoms with Gasteiger partial charge in [0.25, 0.3) is 0 Å². The van der Waals surface area contributed by atoms with E-state index in [1.807, 2.05) is 37.4 Å². The second kappa shape index (κ2) is 8.27. The van der Waals surface area contributed by atoms with E-state index in [0.717, 1.165) is 22.5 Å². The molecule has 4 nitrogen and oxygen atoms in total. The maximum absolute atomic E-state index is 6.21. The Morgan fingerprint density at radius 1 is 1.08 bits per heavy atom. The van der Waals surface area contributed by atoms with Crippen molar-refractivity contribution in [3.63, 3.8) is 0 Å². The monoisotopic (exact) mass is 424 g/mol. The molecule has 0 unspecified atom stereocenters. The highest BCUT2D eigenvalue weighted by atomic mass is 35.5. The molecule has 0 aliphatic rings. The van der Waals surface area contributed by atoms with Crippen LogP contribution < -0.4 is 10.6 Å². The minimum absolute atomic E-state index is 0.458. The fourth-order valence-electron chi connectivity index (χ4n) is 2.35. The van der Waals surface area contributed by atoms with Crippen molar-refractivity contribution in [3.8, 4) is 0 Å². The van der Waals surface area contributed by atoms with Crippen molar-refractivity contribution >= 4 is 63.5 Å². The molecule has 0 saturated carbocycles. The highest BCUT2D eigenvalue weighted by Crippen LogP contribution is 2.22. The molecule has 0 bridgehead atoms. The lowest BCUT2D eigenvalue weighted by Crippen LogP contribution is -2.19. The Morgan fingerprint density at radius 2 is 1.81 bits per heavy atom. The Morgan fingerprint density at radius 3 is 2.58 bits per heavy atom. The van der Waals surface area contributed by atoms with Crippen LogP contribution in [-0.4, -0.2) is 14.9 Å². The van der Waals surface area contributed by atoms with Crippen molar-refractivity contribution in [3.05, 3.63) is 75.0 Å². The lowest BCUT2D eigenvalue weighted by Gasteiger charge is -2.11. The molecule has 0 saturated heterocycles. The molecule has 0 fully saturated rings. The largest absolute Gasteiger partial charge is 0.332 e. The number of rotatable bonds is 4. The smallest absolute Gasteiger partial charge is 0.175 e. The topological polar surface area (TPSA) is 41.9 Å². The predicted octanol–water partition coefficient (Wildman–Crippen LogP) is 6.01. The average Bonchev–Trinajstić information content (AvgIpc) is 3.00. The number of hydrogen-bond donors (Lipinski definition) is 2. The van der Waals surface area contributed by atoms with Crippen molar-refractivity contribution in [2.45, 2.75) is 13.5 Å². The molecule has 8 heteroatoms. The quantitative estimate of drug-likeness (QED) is 0.502. The number of aromatic nitrogens is 2. The van der Waals surface area contributed by atoms with Gasteiger partial charge in [0.05, 0.1) is 18.4 Å². The summed E-state index contributed by atoms with van der Waals surface area (Å²) < 4.78 is 1.77. The van der Waals surface area contributed by atoms with Gasteiger partial charge in [0.15, 0.2) is 5.11 Å². The summed E-state index contributed by atoms with van der Waals surface area (Å²) in [5, 5.41) is 12.9. The molecule has 0 aliphatic carbocycles. The van der Waals surface area contributed by atoms with Crippen LogP contribution in [0.3, 0.4) is 0 Å². The summed E-state index contributed by atoms with van der Waals surface area (Å²) in [7, 11) is 0. The molecule has 2 N–H and O–H groups in total. The molecular formula is C18H15Cl3N4S. The number of nitrogens with zero attached hydrogens (tertiary/aromatic N) is 2. The number of thiocarbonyl (C=S) groups is 1.